The molecule has 0 atom stereocenters. The topological polar surface area (TPSA) is 43.6 Å². The highest BCUT2D eigenvalue weighted by atomic mass is 127. The van der Waals surface area contributed by atoms with Gasteiger partial charge in [0.05, 0.1) is 39.3 Å². The van der Waals surface area contributed by atoms with E-state index in [2.05, 4.69) is 159 Å². The Balaban J connectivity index is 1.26. The quantitative estimate of drug-likeness (QED) is 0.164. The maximum absolute atomic E-state index is 5.47. The lowest BCUT2D eigenvalue weighted by molar-refractivity contribution is 1.18. The number of benzene rings is 5. The Kier molecular flexibility index (Phi) is 7.24. The highest BCUT2D eigenvalue weighted by Crippen LogP contribution is 2.44. The average molecular weight is 765 g/mol. The molecule has 4 aromatic heterocycles. The molecule has 0 unspecified atom stereocenters. The second-order valence-corrected chi connectivity index (χ2v) is 15.1. The number of para-hydroxylation sites is 3. The Morgan fingerprint density at radius 2 is 1.24 bits per heavy atom. The lowest BCUT2D eigenvalue weighted by atomic mass is 9.91. The monoisotopic (exact) mass is 764 g/mol. The van der Waals surface area contributed by atoms with E-state index in [0.29, 0.717) is 0 Å². The summed E-state index contributed by atoms with van der Waals surface area (Å²) in [4.78, 5) is 15.3. The second kappa shape index (κ2) is 12.4. The van der Waals surface area contributed by atoms with Crippen molar-refractivity contribution < 1.29 is 0 Å². The molecule has 10 rings (SSSR count). The van der Waals surface area contributed by atoms with Crippen LogP contribution in [0.3, 0.4) is 0 Å². The van der Waals surface area contributed by atoms with E-state index in [1.165, 1.54) is 19.9 Å². The summed E-state index contributed by atoms with van der Waals surface area (Å²) in [6.45, 7) is 0. The highest BCUT2D eigenvalue weighted by molar-refractivity contribution is 14.2. The molecular weight excluding hydrogens is 735 g/mol. The molecule has 0 spiro atoms. The van der Waals surface area contributed by atoms with Gasteiger partial charge in [0, 0.05) is 37.2 Å². The summed E-state index contributed by atoms with van der Waals surface area (Å²) < 4.78 is 6.00. The first-order chi connectivity index (χ1) is 25.3. The highest BCUT2D eigenvalue weighted by Gasteiger charge is 2.22. The molecule has 1 aliphatic heterocycles. The average Bonchev–Trinajstić information content (AvgIpc) is 3.57. The molecule has 9 aromatic rings. The smallest absolute Gasteiger partial charge is 0.0900 e. The third kappa shape index (κ3) is 5.03. The summed E-state index contributed by atoms with van der Waals surface area (Å²) in [5, 5.41) is 5.82. The number of halogens is 1. The number of fused-ring (bicyclic) bond motifs is 6. The van der Waals surface area contributed by atoms with E-state index in [4.69, 9.17) is 9.97 Å². The van der Waals surface area contributed by atoms with E-state index >= 15 is 0 Å². The molecule has 0 aliphatic carbocycles. The second-order valence-electron chi connectivity index (χ2n) is 12.6. The fourth-order valence-corrected chi connectivity index (χ4v) is 9.24. The largest absolute Gasteiger partial charge is 0.308 e. The van der Waals surface area contributed by atoms with Gasteiger partial charge in [-0.05, 0) is 80.5 Å². The van der Waals surface area contributed by atoms with E-state index in [0.717, 1.165) is 72.3 Å². The molecule has 0 fully saturated rings. The molecule has 1 aliphatic rings. The van der Waals surface area contributed by atoms with Gasteiger partial charge in [0.2, 0.25) is 0 Å². The Bertz CT molecular complexity index is 2900. The van der Waals surface area contributed by atoms with Gasteiger partial charge in [-0.1, -0.05) is 130 Å². The molecule has 0 saturated carbocycles. The van der Waals surface area contributed by atoms with E-state index in [1.54, 1.807) is 0 Å². The maximum Gasteiger partial charge on any atom is 0.0900 e. The van der Waals surface area contributed by atoms with E-state index in [-0.39, 0.29) is 20.7 Å². The number of hydrogen-bond acceptors (Lipinski definition) is 3. The van der Waals surface area contributed by atoms with Crippen LogP contribution >= 0.6 is 20.7 Å². The molecule has 0 bridgehead atoms. The van der Waals surface area contributed by atoms with Crippen LogP contribution in [0.2, 0.25) is 0 Å². The Morgan fingerprint density at radius 1 is 0.529 bits per heavy atom. The number of nitrogens with zero attached hydrogens (tertiary/aromatic N) is 4. The fourth-order valence-electron chi connectivity index (χ4n) is 7.40. The zero-order valence-electron chi connectivity index (χ0n) is 27.4. The lowest BCUT2D eigenvalue weighted by Crippen LogP contribution is -1.97. The van der Waals surface area contributed by atoms with Crippen molar-refractivity contribution >= 4 is 71.8 Å². The molecule has 5 aromatic carbocycles. The molecule has 4 nitrogen and oxygen atoms in total. The van der Waals surface area contributed by atoms with Crippen molar-refractivity contribution in [2.45, 2.75) is 0 Å². The molecule has 240 valence electrons. The first-order valence-electron chi connectivity index (χ1n) is 17.0. The van der Waals surface area contributed by atoms with Crippen LogP contribution in [0, 0.1) is 0 Å². The normalized spacial score (nSPS) is 12.8. The third-order valence-corrected chi connectivity index (χ3v) is 12.0. The summed E-state index contributed by atoms with van der Waals surface area (Å²) in [5.41, 5.74) is 11.6. The first kappa shape index (κ1) is 29.8. The molecule has 0 radical (unpaired) electrons. The van der Waals surface area contributed by atoms with Crippen LogP contribution in [0.15, 0.2) is 170 Å². The molecule has 5 heteroatoms. The Morgan fingerprint density at radius 3 is 2.04 bits per heavy atom. The van der Waals surface area contributed by atoms with Crippen molar-refractivity contribution in [3.63, 3.8) is 0 Å². The molecular formula is C46H29IN4. The van der Waals surface area contributed by atoms with Gasteiger partial charge in [-0.15, -0.1) is 0 Å². The van der Waals surface area contributed by atoms with Gasteiger partial charge in [-0.3, -0.25) is 4.98 Å². The predicted molar refractivity (Wildman–Crippen MR) is 223 cm³/mol. The van der Waals surface area contributed by atoms with E-state index in [1.807, 2.05) is 24.4 Å². The molecule has 51 heavy (non-hydrogen) atoms. The van der Waals surface area contributed by atoms with E-state index < -0.39 is 0 Å². The summed E-state index contributed by atoms with van der Waals surface area (Å²) in [7, 11) is 0. The van der Waals surface area contributed by atoms with Crippen LogP contribution < -0.4 is 0 Å². The predicted octanol–water partition coefficient (Wildman–Crippen LogP) is 12.0. The van der Waals surface area contributed by atoms with Gasteiger partial charge in [0.1, 0.15) is 0 Å². The van der Waals surface area contributed by atoms with Crippen LogP contribution in [0.1, 0.15) is 5.69 Å². The van der Waals surface area contributed by atoms with Crippen molar-refractivity contribution in [1.29, 1.82) is 0 Å². The molecule has 0 saturated heterocycles. The summed E-state index contributed by atoms with van der Waals surface area (Å²) in [6, 6.07) is 51.7. The Hall–Kier alpha value is -6.05. The van der Waals surface area contributed by atoms with Gasteiger partial charge in [-0.2, -0.15) is 0 Å². The third-order valence-electron chi connectivity index (χ3n) is 9.61. The number of allylic oxidation sites excluding steroid dienone is 3. The molecule has 0 N–H and O–H groups in total. The van der Waals surface area contributed by atoms with E-state index in [9.17, 15) is 0 Å². The van der Waals surface area contributed by atoms with Crippen LogP contribution in [-0.2, 0) is 0 Å². The fraction of sp³-hybridized carbons (Fsp3) is 0. The van der Waals surface area contributed by atoms with Crippen molar-refractivity contribution in [3.05, 3.63) is 176 Å². The van der Waals surface area contributed by atoms with Gasteiger partial charge in [-0.25, -0.2) is 9.97 Å². The summed E-state index contributed by atoms with van der Waals surface area (Å²) in [5.74, 6) is 0. The van der Waals surface area contributed by atoms with Crippen LogP contribution in [0.4, 0.5) is 0 Å². The van der Waals surface area contributed by atoms with Crippen LogP contribution in [0.5, 0.6) is 0 Å². The maximum atomic E-state index is 5.47. The zero-order valence-corrected chi connectivity index (χ0v) is 29.6. The first-order valence-corrected chi connectivity index (χ1v) is 19.3. The lowest BCUT2D eigenvalue weighted by Gasteiger charge is -2.16. The SMILES string of the molecule is C1=CC=C(c2cc(-c3ccc(-c4nc5ccccc5c5c4c4ccccc4n5-c4ccccc4)c4ccccc34)cc(-c3ccccn3)n2)I=C1. The molecule has 5 heterocycles. The minimum absolute atomic E-state index is 0.274. The van der Waals surface area contributed by atoms with Gasteiger partial charge in [0.25, 0.3) is 0 Å². The summed E-state index contributed by atoms with van der Waals surface area (Å²) in [6.07, 6.45) is 8.31. The van der Waals surface area contributed by atoms with Crippen molar-refractivity contribution in [1.82, 2.24) is 19.5 Å². The minimum Gasteiger partial charge on any atom is -0.308 e. The number of pyridine rings is 3. The van der Waals surface area contributed by atoms with Gasteiger partial charge < -0.3 is 4.57 Å². The number of aromatic nitrogens is 4. The number of rotatable bonds is 5. The standard InChI is InChI=1S/C46H29IN4/c1-2-14-31(15-3-1)51-43-23-9-7-19-37(43)44-45(50-39-21-8-6-18-36(39)46(44)51)35-25-24-32(33-16-4-5-17-34(33)35)30-28-41(38-20-10-12-26-47-38)49-42(29-30)40-22-11-13-27-48-40/h1-29H. The van der Waals surface area contributed by atoms with Crippen molar-refractivity contribution in [2.75, 3.05) is 0 Å². The zero-order chi connectivity index (χ0) is 33.7. The minimum atomic E-state index is -0.274. The van der Waals surface area contributed by atoms with Crippen molar-refractivity contribution in [3.8, 4) is 39.5 Å². The van der Waals surface area contributed by atoms with Gasteiger partial charge >= 0.3 is 0 Å². The van der Waals surface area contributed by atoms with Crippen LogP contribution in [-0.4, -0.2) is 23.5 Å². The Labute approximate surface area is 304 Å². The number of hydrogen-bond donors (Lipinski definition) is 0. The molecule has 0 amide bonds. The van der Waals surface area contributed by atoms with Crippen LogP contribution in [0.25, 0.3) is 86.5 Å². The van der Waals surface area contributed by atoms with Crippen molar-refractivity contribution in [2.24, 2.45) is 0 Å². The summed E-state index contributed by atoms with van der Waals surface area (Å²) >= 11 is -0.274. The van der Waals surface area contributed by atoms with Gasteiger partial charge in [0.15, 0.2) is 0 Å².